The topological polar surface area (TPSA) is 95.1 Å². The summed E-state index contributed by atoms with van der Waals surface area (Å²) in [4.78, 5) is 32.0. The number of fused-ring (bicyclic) bond motifs is 1. The van der Waals surface area contributed by atoms with Crippen LogP contribution in [0.25, 0.3) is 22.2 Å². The number of H-pyrrole nitrogens is 1. The van der Waals surface area contributed by atoms with Gasteiger partial charge in [0.05, 0.1) is 32.4 Å². The number of aliphatic carboxylic acids is 1. The van der Waals surface area contributed by atoms with Crippen LogP contribution in [0.5, 0.6) is 11.5 Å². The van der Waals surface area contributed by atoms with Crippen LogP contribution in [0.3, 0.4) is 0 Å². The molecule has 1 aromatic heterocycles. The molecule has 2 aromatic carbocycles. The second-order valence-corrected chi connectivity index (χ2v) is 11.5. The maximum Gasteiger partial charge on any atom is 0.307 e. The van der Waals surface area contributed by atoms with Gasteiger partial charge in [0.25, 0.3) is 0 Å². The Kier molecular flexibility index (Phi) is 8.35. The molecular weight excluding hydrogens is 506 g/mol. The van der Waals surface area contributed by atoms with Crippen molar-refractivity contribution in [2.75, 3.05) is 46.9 Å². The first-order valence-electron chi connectivity index (χ1n) is 14.4. The van der Waals surface area contributed by atoms with Crippen molar-refractivity contribution >= 4 is 22.8 Å². The lowest BCUT2D eigenvalue weighted by molar-refractivity contribution is -0.145. The molecule has 0 aliphatic carbocycles. The Morgan fingerprint density at radius 3 is 2.42 bits per heavy atom. The molecule has 2 fully saturated rings. The number of benzene rings is 2. The molecule has 0 saturated carbocycles. The number of methoxy groups -OCH3 is 2. The first-order chi connectivity index (χ1) is 19.3. The fourth-order valence-electron chi connectivity index (χ4n) is 6.46. The van der Waals surface area contributed by atoms with E-state index in [0.29, 0.717) is 42.8 Å². The van der Waals surface area contributed by atoms with E-state index in [2.05, 4.69) is 43.1 Å². The van der Waals surface area contributed by atoms with Crippen LogP contribution in [0.4, 0.5) is 0 Å². The zero-order chi connectivity index (χ0) is 28.4. The highest BCUT2D eigenvalue weighted by Gasteiger charge is 2.30. The van der Waals surface area contributed by atoms with Gasteiger partial charge in [0.15, 0.2) is 11.5 Å². The second-order valence-electron chi connectivity index (χ2n) is 11.5. The van der Waals surface area contributed by atoms with Crippen LogP contribution in [0.15, 0.2) is 36.4 Å². The Balaban J connectivity index is 1.30. The van der Waals surface area contributed by atoms with Crippen LogP contribution < -0.4 is 9.47 Å². The first-order valence-corrected chi connectivity index (χ1v) is 14.4. The van der Waals surface area contributed by atoms with E-state index in [0.717, 1.165) is 55.7 Å². The van der Waals surface area contributed by atoms with Gasteiger partial charge in [-0.3, -0.25) is 14.5 Å². The molecule has 1 unspecified atom stereocenters. The third-order valence-electron chi connectivity index (χ3n) is 8.65. The van der Waals surface area contributed by atoms with Crippen LogP contribution in [0.1, 0.15) is 62.5 Å². The largest absolute Gasteiger partial charge is 0.493 e. The van der Waals surface area contributed by atoms with Crippen LogP contribution in [0.2, 0.25) is 0 Å². The van der Waals surface area contributed by atoms with Crippen molar-refractivity contribution in [3.8, 4) is 22.8 Å². The summed E-state index contributed by atoms with van der Waals surface area (Å²) in [5.41, 5.74) is 5.89. The van der Waals surface area contributed by atoms with Crippen molar-refractivity contribution in [1.29, 1.82) is 0 Å². The number of amides is 1. The average molecular weight is 548 g/mol. The lowest BCUT2D eigenvalue weighted by atomic mass is 9.87. The predicted molar refractivity (Wildman–Crippen MR) is 156 cm³/mol. The quantitative estimate of drug-likeness (QED) is 0.388. The number of likely N-dealkylation sites (tertiary alicyclic amines) is 2. The van der Waals surface area contributed by atoms with Gasteiger partial charge < -0.3 is 24.5 Å². The summed E-state index contributed by atoms with van der Waals surface area (Å²) in [6, 6.07) is 12.8. The monoisotopic (exact) mass is 547 g/mol. The summed E-state index contributed by atoms with van der Waals surface area (Å²) in [5.74, 6) is 1.14. The number of aromatic amines is 1. The molecule has 0 spiro atoms. The number of hydrogen-bond donors (Lipinski definition) is 2. The smallest absolute Gasteiger partial charge is 0.307 e. The molecule has 0 radical (unpaired) electrons. The Labute approximate surface area is 236 Å². The number of aromatic nitrogens is 1. The Morgan fingerprint density at radius 2 is 1.75 bits per heavy atom. The Morgan fingerprint density at radius 1 is 1.00 bits per heavy atom. The van der Waals surface area contributed by atoms with Crippen molar-refractivity contribution < 1.29 is 24.2 Å². The number of carbonyl (C=O) groups excluding carboxylic acids is 1. The van der Waals surface area contributed by atoms with Crippen molar-refractivity contribution in [1.82, 2.24) is 14.8 Å². The molecule has 5 rings (SSSR count). The summed E-state index contributed by atoms with van der Waals surface area (Å²) in [6.45, 7) is 7.51. The standard InChI is InChI=1S/C32H41N3O5/c1-20(2)30-25-16-22(7-9-26(25)33-31(30)23-8-10-27(39-3)28(17-23)40-4)21-11-14-35(15-12-21)29(36)19-34-13-5-6-24(18-34)32(37)38/h7-10,16-17,20-21,24,33H,5-6,11-15,18-19H2,1-4H3,(H,37,38). The van der Waals surface area contributed by atoms with Gasteiger partial charge in [0.2, 0.25) is 5.91 Å². The van der Waals surface area contributed by atoms with E-state index in [1.807, 2.05) is 21.9 Å². The molecule has 3 heterocycles. The van der Waals surface area contributed by atoms with Crippen molar-refractivity contribution in [2.24, 2.45) is 5.92 Å². The number of ether oxygens (including phenoxy) is 2. The van der Waals surface area contributed by atoms with E-state index in [9.17, 15) is 14.7 Å². The molecule has 2 N–H and O–H groups in total. The van der Waals surface area contributed by atoms with E-state index in [1.54, 1.807) is 14.2 Å². The van der Waals surface area contributed by atoms with Crippen LogP contribution in [0, 0.1) is 5.92 Å². The number of piperidine rings is 2. The summed E-state index contributed by atoms with van der Waals surface area (Å²) in [5, 5.41) is 10.6. The molecule has 0 bridgehead atoms. The molecule has 3 aromatic rings. The van der Waals surface area contributed by atoms with E-state index in [1.165, 1.54) is 16.5 Å². The number of nitrogens with one attached hydrogen (secondary N) is 1. The minimum Gasteiger partial charge on any atom is -0.493 e. The molecule has 8 nitrogen and oxygen atoms in total. The van der Waals surface area contributed by atoms with Gasteiger partial charge in [0.1, 0.15) is 0 Å². The highest BCUT2D eigenvalue weighted by atomic mass is 16.5. The number of carboxylic acid groups (broad SMARTS) is 1. The third kappa shape index (κ3) is 5.68. The fourth-order valence-corrected chi connectivity index (χ4v) is 6.46. The average Bonchev–Trinajstić information content (AvgIpc) is 3.36. The maximum atomic E-state index is 13.0. The lowest BCUT2D eigenvalue weighted by Gasteiger charge is -2.35. The molecule has 2 saturated heterocycles. The summed E-state index contributed by atoms with van der Waals surface area (Å²) >= 11 is 0. The van der Waals surface area contributed by atoms with Gasteiger partial charge in [-0.1, -0.05) is 19.9 Å². The Bertz CT molecular complexity index is 1370. The minimum atomic E-state index is -0.756. The van der Waals surface area contributed by atoms with Gasteiger partial charge in [0, 0.05) is 36.1 Å². The van der Waals surface area contributed by atoms with E-state index in [4.69, 9.17) is 9.47 Å². The fraction of sp³-hybridized carbons (Fsp3) is 0.500. The number of nitrogens with zero attached hydrogens (tertiary/aromatic N) is 2. The molecule has 2 aliphatic heterocycles. The van der Waals surface area contributed by atoms with Crippen molar-refractivity contribution in [3.05, 3.63) is 47.5 Å². The first kappa shape index (κ1) is 28.0. The number of carbonyl (C=O) groups is 2. The SMILES string of the molecule is COc1ccc(-c2[nH]c3ccc(C4CCN(C(=O)CN5CCCC(C(=O)O)C5)CC4)cc3c2C(C)C)cc1OC. The highest BCUT2D eigenvalue weighted by molar-refractivity contribution is 5.92. The van der Waals surface area contributed by atoms with Gasteiger partial charge in [-0.25, -0.2) is 0 Å². The van der Waals surface area contributed by atoms with Gasteiger partial charge >= 0.3 is 5.97 Å². The normalized spacial score (nSPS) is 18.8. The van der Waals surface area contributed by atoms with E-state index < -0.39 is 5.97 Å². The summed E-state index contributed by atoms with van der Waals surface area (Å²) < 4.78 is 11.0. The summed E-state index contributed by atoms with van der Waals surface area (Å²) in [7, 11) is 3.30. The molecule has 40 heavy (non-hydrogen) atoms. The molecule has 2 aliphatic rings. The van der Waals surface area contributed by atoms with Gasteiger partial charge in [-0.2, -0.15) is 0 Å². The van der Waals surface area contributed by atoms with Crippen LogP contribution in [-0.4, -0.2) is 78.7 Å². The summed E-state index contributed by atoms with van der Waals surface area (Å²) in [6.07, 6.45) is 3.39. The molecule has 8 heteroatoms. The molecular formula is C32H41N3O5. The number of rotatable bonds is 8. The minimum absolute atomic E-state index is 0.118. The third-order valence-corrected chi connectivity index (χ3v) is 8.65. The predicted octanol–water partition coefficient (Wildman–Crippen LogP) is 5.48. The lowest BCUT2D eigenvalue weighted by Crippen LogP contribution is -2.47. The number of hydrogen-bond acceptors (Lipinski definition) is 5. The zero-order valence-electron chi connectivity index (χ0n) is 24.0. The molecule has 214 valence electrons. The van der Waals surface area contributed by atoms with Gasteiger partial charge in [-0.15, -0.1) is 0 Å². The van der Waals surface area contributed by atoms with Gasteiger partial charge in [-0.05, 0) is 85.5 Å². The molecule has 1 atom stereocenters. The van der Waals surface area contributed by atoms with Crippen molar-refractivity contribution in [2.45, 2.75) is 51.4 Å². The maximum absolute atomic E-state index is 13.0. The van der Waals surface area contributed by atoms with E-state index >= 15 is 0 Å². The highest BCUT2D eigenvalue weighted by Crippen LogP contribution is 2.40. The van der Waals surface area contributed by atoms with Crippen LogP contribution >= 0.6 is 0 Å². The van der Waals surface area contributed by atoms with Crippen LogP contribution in [-0.2, 0) is 9.59 Å². The second kappa shape index (κ2) is 11.9. The zero-order valence-corrected chi connectivity index (χ0v) is 24.0. The Hall–Kier alpha value is -3.52. The number of carboxylic acids is 1. The molecule has 1 amide bonds. The van der Waals surface area contributed by atoms with Crippen molar-refractivity contribution in [3.63, 3.8) is 0 Å². The van der Waals surface area contributed by atoms with E-state index in [-0.39, 0.29) is 11.8 Å².